The SMILES string of the molecule is CCC1CCNC(CN(C)C2CCS(=O)(=O)C2)C1. The van der Waals surface area contributed by atoms with Crippen LogP contribution in [0.1, 0.15) is 32.6 Å². The summed E-state index contributed by atoms with van der Waals surface area (Å²) in [6, 6.07) is 0.774. The Morgan fingerprint density at radius 1 is 1.33 bits per heavy atom. The van der Waals surface area contributed by atoms with Gasteiger partial charge in [-0.1, -0.05) is 13.3 Å². The van der Waals surface area contributed by atoms with E-state index in [1.807, 2.05) is 0 Å². The second kappa shape index (κ2) is 5.88. The van der Waals surface area contributed by atoms with E-state index < -0.39 is 9.84 Å². The minimum absolute atomic E-state index is 0.235. The molecule has 0 radical (unpaired) electrons. The van der Waals surface area contributed by atoms with Gasteiger partial charge in [0.1, 0.15) is 0 Å². The Labute approximate surface area is 111 Å². The molecule has 0 aromatic rings. The summed E-state index contributed by atoms with van der Waals surface area (Å²) < 4.78 is 23.0. The number of hydrogen-bond acceptors (Lipinski definition) is 4. The lowest BCUT2D eigenvalue weighted by Gasteiger charge is -2.34. The van der Waals surface area contributed by atoms with E-state index in [4.69, 9.17) is 0 Å². The van der Waals surface area contributed by atoms with Crippen molar-refractivity contribution < 1.29 is 8.42 Å². The third-order valence-corrected chi connectivity index (χ3v) is 6.27. The topological polar surface area (TPSA) is 49.4 Å². The largest absolute Gasteiger partial charge is 0.313 e. The van der Waals surface area contributed by atoms with Crippen LogP contribution in [0.5, 0.6) is 0 Å². The fourth-order valence-electron chi connectivity index (χ4n) is 3.22. The zero-order valence-corrected chi connectivity index (χ0v) is 12.4. The maximum absolute atomic E-state index is 11.5. The second-order valence-corrected chi connectivity index (χ2v) is 8.17. The summed E-state index contributed by atoms with van der Waals surface area (Å²) >= 11 is 0. The van der Waals surface area contributed by atoms with Crippen molar-refractivity contribution in [1.82, 2.24) is 10.2 Å². The number of nitrogens with one attached hydrogen (secondary N) is 1. The zero-order chi connectivity index (χ0) is 13.2. The molecule has 0 aliphatic carbocycles. The van der Waals surface area contributed by atoms with Gasteiger partial charge in [-0.2, -0.15) is 0 Å². The van der Waals surface area contributed by atoms with Gasteiger partial charge in [0.15, 0.2) is 9.84 Å². The van der Waals surface area contributed by atoms with Gasteiger partial charge >= 0.3 is 0 Å². The average Bonchev–Trinajstić information content (AvgIpc) is 2.70. The van der Waals surface area contributed by atoms with Gasteiger partial charge in [-0.05, 0) is 38.8 Å². The van der Waals surface area contributed by atoms with E-state index >= 15 is 0 Å². The van der Waals surface area contributed by atoms with Crippen LogP contribution < -0.4 is 5.32 Å². The van der Waals surface area contributed by atoms with E-state index in [2.05, 4.69) is 24.2 Å². The fraction of sp³-hybridized carbons (Fsp3) is 1.00. The summed E-state index contributed by atoms with van der Waals surface area (Å²) in [4.78, 5) is 2.25. The van der Waals surface area contributed by atoms with Gasteiger partial charge in [0.05, 0.1) is 11.5 Å². The highest BCUT2D eigenvalue weighted by atomic mass is 32.2. The predicted octanol–water partition coefficient (Wildman–Crippen LogP) is 0.884. The molecule has 2 aliphatic rings. The molecule has 2 heterocycles. The Balaban J connectivity index is 1.82. The summed E-state index contributed by atoms with van der Waals surface area (Å²) in [5.74, 6) is 1.57. The van der Waals surface area contributed by atoms with Gasteiger partial charge in [-0.15, -0.1) is 0 Å². The first-order valence-electron chi connectivity index (χ1n) is 7.14. The van der Waals surface area contributed by atoms with Crippen LogP contribution in [0.2, 0.25) is 0 Å². The lowest BCUT2D eigenvalue weighted by Crippen LogP contribution is -2.47. The standard InChI is InChI=1S/C13H26N2O2S/c1-3-11-4-6-14-12(8-11)9-15(2)13-5-7-18(16,17)10-13/h11-14H,3-10H2,1-2H3. The molecule has 3 unspecified atom stereocenters. The Morgan fingerprint density at radius 2 is 2.11 bits per heavy atom. The maximum Gasteiger partial charge on any atom is 0.151 e. The molecule has 5 heteroatoms. The van der Waals surface area contributed by atoms with E-state index in [9.17, 15) is 8.42 Å². The van der Waals surface area contributed by atoms with Crippen molar-refractivity contribution in [2.75, 3.05) is 31.6 Å². The minimum Gasteiger partial charge on any atom is -0.313 e. The molecule has 106 valence electrons. The molecule has 2 aliphatic heterocycles. The second-order valence-electron chi connectivity index (χ2n) is 5.95. The number of sulfone groups is 1. The highest BCUT2D eigenvalue weighted by molar-refractivity contribution is 7.91. The van der Waals surface area contributed by atoms with Crippen LogP contribution in [-0.2, 0) is 9.84 Å². The molecule has 0 aromatic heterocycles. The summed E-state index contributed by atoms with van der Waals surface area (Å²) in [6.45, 7) is 4.36. The third kappa shape index (κ3) is 3.68. The number of piperidine rings is 1. The molecular formula is C13H26N2O2S. The van der Waals surface area contributed by atoms with Crippen molar-refractivity contribution in [3.63, 3.8) is 0 Å². The van der Waals surface area contributed by atoms with Crippen molar-refractivity contribution in [1.29, 1.82) is 0 Å². The lowest BCUT2D eigenvalue weighted by molar-refractivity contribution is 0.193. The molecule has 4 nitrogen and oxygen atoms in total. The lowest BCUT2D eigenvalue weighted by atomic mass is 9.90. The first kappa shape index (κ1) is 14.3. The molecule has 1 N–H and O–H groups in total. The third-order valence-electron chi connectivity index (χ3n) is 4.52. The highest BCUT2D eigenvalue weighted by Crippen LogP contribution is 2.22. The molecule has 0 amide bonds. The summed E-state index contributed by atoms with van der Waals surface area (Å²) in [6.07, 6.45) is 4.59. The van der Waals surface area contributed by atoms with Crippen molar-refractivity contribution in [3.05, 3.63) is 0 Å². The van der Waals surface area contributed by atoms with E-state index in [-0.39, 0.29) is 6.04 Å². The summed E-state index contributed by atoms with van der Waals surface area (Å²) in [7, 11) is -0.687. The molecule has 0 bridgehead atoms. The van der Waals surface area contributed by atoms with Gasteiger partial charge in [0.25, 0.3) is 0 Å². The van der Waals surface area contributed by atoms with Crippen LogP contribution >= 0.6 is 0 Å². The molecule has 0 spiro atoms. The molecule has 0 saturated carbocycles. The van der Waals surface area contributed by atoms with E-state index in [0.29, 0.717) is 17.5 Å². The molecule has 2 fully saturated rings. The van der Waals surface area contributed by atoms with Crippen LogP contribution in [-0.4, -0.2) is 57.0 Å². The minimum atomic E-state index is -2.76. The van der Waals surface area contributed by atoms with Crippen molar-refractivity contribution in [3.8, 4) is 0 Å². The summed E-state index contributed by atoms with van der Waals surface area (Å²) in [5.41, 5.74) is 0. The molecule has 3 atom stereocenters. The molecule has 2 saturated heterocycles. The van der Waals surface area contributed by atoms with Gasteiger partial charge in [0.2, 0.25) is 0 Å². The van der Waals surface area contributed by atoms with Crippen LogP contribution in [0.15, 0.2) is 0 Å². The average molecular weight is 274 g/mol. The smallest absolute Gasteiger partial charge is 0.151 e. The Bertz CT molecular complexity index is 369. The predicted molar refractivity (Wildman–Crippen MR) is 74.5 cm³/mol. The fourth-order valence-corrected chi connectivity index (χ4v) is 5.03. The Hall–Kier alpha value is -0.130. The Morgan fingerprint density at radius 3 is 2.72 bits per heavy atom. The number of hydrogen-bond donors (Lipinski definition) is 1. The molecule has 0 aromatic carbocycles. The van der Waals surface area contributed by atoms with Crippen molar-refractivity contribution >= 4 is 9.84 Å². The van der Waals surface area contributed by atoms with E-state index in [1.54, 1.807) is 0 Å². The van der Waals surface area contributed by atoms with E-state index in [0.717, 1.165) is 25.4 Å². The van der Waals surface area contributed by atoms with E-state index in [1.165, 1.54) is 19.3 Å². The van der Waals surface area contributed by atoms with Crippen LogP contribution in [0, 0.1) is 5.92 Å². The normalized spacial score (nSPS) is 36.1. The summed E-state index contributed by atoms with van der Waals surface area (Å²) in [5, 5.41) is 3.57. The van der Waals surface area contributed by atoms with Crippen LogP contribution in [0.4, 0.5) is 0 Å². The first-order chi connectivity index (χ1) is 8.50. The number of likely N-dealkylation sites (N-methyl/N-ethyl adjacent to an activating group) is 1. The zero-order valence-electron chi connectivity index (χ0n) is 11.6. The first-order valence-corrected chi connectivity index (χ1v) is 8.96. The van der Waals surface area contributed by atoms with Gasteiger partial charge < -0.3 is 10.2 Å². The van der Waals surface area contributed by atoms with Crippen molar-refractivity contribution in [2.45, 2.75) is 44.7 Å². The number of rotatable bonds is 4. The maximum atomic E-state index is 11.5. The van der Waals surface area contributed by atoms with Gasteiger partial charge in [-0.3, -0.25) is 0 Å². The van der Waals surface area contributed by atoms with Gasteiger partial charge in [0, 0.05) is 18.6 Å². The monoisotopic (exact) mass is 274 g/mol. The molecule has 18 heavy (non-hydrogen) atoms. The van der Waals surface area contributed by atoms with Crippen LogP contribution in [0.25, 0.3) is 0 Å². The molecule has 2 rings (SSSR count). The van der Waals surface area contributed by atoms with Crippen LogP contribution in [0.3, 0.4) is 0 Å². The van der Waals surface area contributed by atoms with Crippen molar-refractivity contribution in [2.24, 2.45) is 5.92 Å². The molecular weight excluding hydrogens is 248 g/mol. The Kier molecular flexibility index (Phi) is 4.67. The quantitative estimate of drug-likeness (QED) is 0.827. The number of nitrogens with zero attached hydrogens (tertiary/aromatic N) is 1. The highest BCUT2D eigenvalue weighted by Gasteiger charge is 2.32. The van der Waals surface area contributed by atoms with Gasteiger partial charge in [-0.25, -0.2) is 8.42 Å².